The maximum atomic E-state index is 12.7. The van der Waals surface area contributed by atoms with E-state index in [0.29, 0.717) is 12.1 Å². The van der Waals surface area contributed by atoms with Gasteiger partial charge in [-0.25, -0.2) is 0 Å². The van der Waals surface area contributed by atoms with Crippen LogP contribution in [-0.2, 0) is 6.54 Å². The lowest BCUT2D eigenvalue weighted by molar-refractivity contribution is 0.0947. The third-order valence-electron chi connectivity index (χ3n) is 5.80. The fraction of sp³-hybridized carbons (Fsp3) is 0.333. The Morgan fingerprint density at radius 3 is 2.48 bits per heavy atom. The smallest absolute Gasteiger partial charge is 0.274 e. The molecule has 1 aliphatic heterocycles. The van der Waals surface area contributed by atoms with Crippen molar-refractivity contribution in [2.75, 3.05) is 39.8 Å². The molecule has 174 valence electrons. The molecule has 0 bridgehead atoms. The molecule has 0 radical (unpaired) electrons. The zero-order valence-electron chi connectivity index (χ0n) is 18.6. The van der Waals surface area contributed by atoms with E-state index in [-0.39, 0.29) is 39.4 Å². The second-order valence-electron chi connectivity index (χ2n) is 8.19. The van der Waals surface area contributed by atoms with Gasteiger partial charge in [0.2, 0.25) is 0 Å². The van der Waals surface area contributed by atoms with E-state index in [2.05, 4.69) is 27.3 Å². The summed E-state index contributed by atoms with van der Waals surface area (Å²) in [5.41, 5.74) is 2.68. The Kier molecular flexibility index (Phi) is 6.88. The lowest BCUT2D eigenvalue weighted by Gasteiger charge is -2.32. The van der Waals surface area contributed by atoms with Crippen LogP contribution >= 0.6 is 11.6 Å². The number of hydrogen-bond donors (Lipinski definition) is 3. The quantitative estimate of drug-likeness (QED) is 0.507. The van der Waals surface area contributed by atoms with Crippen LogP contribution in [0.1, 0.15) is 23.0 Å². The lowest BCUT2D eigenvalue weighted by atomic mass is 9.97. The van der Waals surface area contributed by atoms with Crippen molar-refractivity contribution in [2.24, 2.45) is 0 Å². The van der Waals surface area contributed by atoms with E-state index in [9.17, 15) is 15.0 Å². The van der Waals surface area contributed by atoms with Gasteiger partial charge in [0.1, 0.15) is 11.5 Å². The Hall–Kier alpha value is -3.07. The molecule has 0 spiro atoms. The van der Waals surface area contributed by atoms with E-state index in [1.807, 2.05) is 31.2 Å². The van der Waals surface area contributed by atoms with Gasteiger partial charge in [-0.15, -0.1) is 0 Å². The highest BCUT2D eigenvalue weighted by Gasteiger charge is 2.26. The molecule has 1 saturated heterocycles. The first-order valence-corrected chi connectivity index (χ1v) is 11.2. The van der Waals surface area contributed by atoms with Gasteiger partial charge in [0.25, 0.3) is 5.91 Å². The van der Waals surface area contributed by atoms with Crippen LogP contribution in [-0.4, -0.2) is 70.8 Å². The fourth-order valence-electron chi connectivity index (χ4n) is 3.91. The molecule has 0 saturated carbocycles. The molecule has 33 heavy (non-hydrogen) atoms. The molecule has 9 heteroatoms. The van der Waals surface area contributed by atoms with E-state index in [0.717, 1.165) is 49.9 Å². The second-order valence-corrected chi connectivity index (χ2v) is 8.60. The Balaban J connectivity index is 1.70. The molecule has 1 aliphatic rings. The number of carbonyl (C=O) groups excluding carboxylic acids is 1. The van der Waals surface area contributed by atoms with Gasteiger partial charge in [0.05, 0.1) is 16.1 Å². The molecule has 2 heterocycles. The summed E-state index contributed by atoms with van der Waals surface area (Å²) in [5, 5.41) is 27.0. The number of halogens is 1. The predicted molar refractivity (Wildman–Crippen MR) is 126 cm³/mol. The largest absolute Gasteiger partial charge is 0.507 e. The van der Waals surface area contributed by atoms with Gasteiger partial charge in [-0.3, -0.25) is 9.69 Å². The molecule has 3 N–H and O–H groups in total. The molecule has 1 fully saturated rings. The summed E-state index contributed by atoms with van der Waals surface area (Å²) in [7, 11) is 2.13. The average Bonchev–Trinajstić information content (AvgIpc) is 3.23. The number of aromatic hydroxyl groups is 2. The number of phenols is 2. The molecule has 0 aliphatic carbocycles. The Morgan fingerprint density at radius 2 is 1.82 bits per heavy atom. The van der Waals surface area contributed by atoms with E-state index >= 15 is 0 Å². The van der Waals surface area contributed by atoms with Crippen molar-refractivity contribution in [3.63, 3.8) is 0 Å². The zero-order valence-corrected chi connectivity index (χ0v) is 19.4. The van der Waals surface area contributed by atoms with Gasteiger partial charge in [-0.05, 0) is 31.2 Å². The summed E-state index contributed by atoms with van der Waals surface area (Å²) in [6.45, 7) is 7.25. The van der Waals surface area contributed by atoms with Crippen LogP contribution < -0.4 is 5.32 Å². The first kappa shape index (κ1) is 23.1. The van der Waals surface area contributed by atoms with Crippen molar-refractivity contribution in [1.82, 2.24) is 20.3 Å². The number of phenolic OH excluding ortho intramolecular Hbond substituents is 2. The summed E-state index contributed by atoms with van der Waals surface area (Å²) in [5.74, 6) is -0.671. The van der Waals surface area contributed by atoms with E-state index < -0.39 is 0 Å². The van der Waals surface area contributed by atoms with Gasteiger partial charge in [-0.2, -0.15) is 0 Å². The zero-order chi connectivity index (χ0) is 23.5. The molecule has 2 aromatic carbocycles. The van der Waals surface area contributed by atoms with Crippen molar-refractivity contribution in [2.45, 2.75) is 13.5 Å². The maximum Gasteiger partial charge on any atom is 0.274 e. The Bertz CT molecular complexity index is 1140. The van der Waals surface area contributed by atoms with Crippen LogP contribution in [0.4, 0.5) is 0 Å². The first-order valence-electron chi connectivity index (χ1n) is 10.9. The van der Waals surface area contributed by atoms with Crippen molar-refractivity contribution >= 4 is 17.5 Å². The van der Waals surface area contributed by atoms with E-state index in [4.69, 9.17) is 16.1 Å². The molecule has 1 aromatic heterocycles. The number of nitrogens with zero attached hydrogens (tertiary/aromatic N) is 3. The van der Waals surface area contributed by atoms with Crippen LogP contribution in [0.2, 0.25) is 5.02 Å². The van der Waals surface area contributed by atoms with E-state index in [1.54, 1.807) is 0 Å². The van der Waals surface area contributed by atoms with Crippen LogP contribution in [0.5, 0.6) is 11.5 Å². The number of rotatable bonds is 6. The van der Waals surface area contributed by atoms with Crippen LogP contribution in [0.15, 0.2) is 40.9 Å². The number of piperazine rings is 1. The SMILES string of the molecule is CCNC(=O)c1noc(-c2cc(Cl)c(O)cc2O)c1-c1ccc(CN2CCN([11CH3])CC2)cc1. The summed E-state index contributed by atoms with van der Waals surface area (Å²) in [6, 6.07) is 10.4. The standard InChI is InChI=1S/C24H27ClN4O4/c1-3-26-24(32)22-21(23(33-27-22)17-12-18(25)20(31)13-19(17)30)16-6-4-15(5-7-16)14-29-10-8-28(2)9-11-29/h4-7,12-13,30-31H,3,8-11,14H2,1-2H3,(H,26,32)/i2-1. The number of nitrogens with one attached hydrogen (secondary N) is 1. The minimum Gasteiger partial charge on any atom is -0.507 e. The fourth-order valence-corrected chi connectivity index (χ4v) is 4.08. The Morgan fingerprint density at radius 1 is 1.12 bits per heavy atom. The monoisotopic (exact) mass is 469 g/mol. The molecular formula is C24H27ClN4O4. The highest BCUT2D eigenvalue weighted by molar-refractivity contribution is 6.32. The molecule has 0 atom stereocenters. The predicted octanol–water partition coefficient (Wildman–Crippen LogP) is 3.57. The minimum absolute atomic E-state index is 0.0484. The van der Waals surface area contributed by atoms with Crippen molar-refractivity contribution in [3.05, 3.63) is 52.7 Å². The molecule has 3 aromatic rings. The second kappa shape index (κ2) is 9.82. The normalized spacial score (nSPS) is 15.0. The van der Waals surface area contributed by atoms with Gasteiger partial charge in [-0.1, -0.05) is 41.0 Å². The number of hydrogen-bond acceptors (Lipinski definition) is 7. The summed E-state index contributed by atoms with van der Waals surface area (Å²) < 4.78 is 5.52. The van der Waals surface area contributed by atoms with Crippen molar-refractivity contribution in [1.29, 1.82) is 0 Å². The number of likely N-dealkylation sites (N-methyl/N-ethyl adjacent to an activating group) is 1. The van der Waals surface area contributed by atoms with Crippen molar-refractivity contribution in [3.8, 4) is 33.9 Å². The topological polar surface area (TPSA) is 102 Å². The highest BCUT2D eigenvalue weighted by atomic mass is 35.5. The lowest BCUT2D eigenvalue weighted by Crippen LogP contribution is -2.43. The van der Waals surface area contributed by atoms with Crippen LogP contribution in [0, 0.1) is 0 Å². The first-order chi connectivity index (χ1) is 15.9. The highest BCUT2D eigenvalue weighted by Crippen LogP contribution is 2.42. The number of benzene rings is 2. The van der Waals surface area contributed by atoms with E-state index in [1.165, 1.54) is 6.07 Å². The molecule has 0 unspecified atom stereocenters. The summed E-state index contributed by atoms with van der Waals surface area (Å²) >= 11 is 6.07. The third kappa shape index (κ3) is 4.98. The van der Waals surface area contributed by atoms with Crippen LogP contribution in [0.25, 0.3) is 22.5 Å². The summed E-state index contributed by atoms with van der Waals surface area (Å²) in [4.78, 5) is 17.4. The van der Waals surface area contributed by atoms with Crippen LogP contribution in [0.3, 0.4) is 0 Å². The number of carbonyl (C=O) groups is 1. The Labute approximate surface area is 197 Å². The molecule has 1 amide bonds. The molecule has 4 rings (SSSR count). The van der Waals surface area contributed by atoms with Gasteiger partial charge in [0.15, 0.2) is 11.5 Å². The molecule has 8 nitrogen and oxygen atoms in total. The number of amides is 1. The maximum absolute atomic E-state index is 12.7. The van der Waals surface area contributed by atoms with Gasteiger partial charge in [0, 0.05) is 45.3 Å². The van der Waals surface area contributed by atoms with Gasteiger partial charge >= 0.3 is 0 Å². The van der Waals surface area contributed by atoms with Gasteiger partial charge < -0.3 is 25.0 Å². The molecular weight excluding hydrogens is 443 g/mol. The summed E-state index contributed by atoms with van der Waals surface area (Å²) in [6.07, 6.45) is 0. The average molecular weight is 470 g/mol. The number of aromatic nitrogens is 1. The third-order valence-corrected chi connectivity index (χ3v) is 6.10. The minimum atomic E-state index is -0.381. The van der Waals surface area contributed by atoms with Crippen molar-refractivity contribution < 1.29 is 19.5 Å².